The van der Waals surface area contributed by atoms with Crippen LogP contribution in [0.2, 0.25) is 0 Å². The average Bonchev–Trinajstić information content (AvgIpc) is 2.98. The van der Waals surface area contributed by atoms with E-state index in [1.54, 1.807) is 4.90 Å². The van der Waals surface area contributed by atoms with E-state index < -0.39 is 12.7 Å². The Morgan fingerprint density at radius 2 is 1.95 bits per heavy atom. The van der Waals surface area contributed by atoms with Gasteiger partial charge in [-0.2, -0.15) is 13.2 Å². The maximum atomic E-state index is 12.5. The highest BCUT2D eigenvalue weighted by Gasteiger charge is 2.39. The number of halogens is 3. The predicted molar refractivity (Wildman–Crippen MR) is 66.2 cm³/mol. The molecule has 2 fully saturated rings. The number of nitrogens with one attached hydrogen (secondary N) is 1. The Morgan fingerprint density at radius 3 is 2.55 bits per heavy atom. The highest BCUT2D eigenvalue weighted by molar-refractivity contribution is 5.93. The van der Waals surface area contributed by atoms with Crippen LogP contribution in [0.3, 0.4) is 0 Å². The number of nitrogens with zero attached hydrogens (tertiary/aromatic N) is 2. The quantitative estimate of drug-likeness (QED) is 0.891. The molecule has 0 radical (unpaired) electrons. The van der Waals surface area contributed by atoms with Crippen molar-refractivity contribution < 1.29 is 18.0 Å². The van der Waals surface area contributed by atoms with E-state index in [0.717, 1.165) is 17.7 Å². The van der Waals surface area contributed by atoms with Crippen LogP contribution in [0.4, 0.5) is 13.2 Å². The third kappa shape index (κ3) is 2.54. The lowest BCUT2D eigenvalue weighted by atomic mass is 10.0. The lowest BCUT2D eigenvalue weighted by molar-refractivity contribution is -0.140. The molecule has 0 spiro atoms. The lowest BCUT2D eigenvalue weighted by Gasteiger charge is -2.19. The van der Waals surface area contributed by atoms with E-state index in [9.17, 15) is 18.0 Å². The topological polar surface area (TPSA) is 37.3 Å². The second-order valence-corrected chi connectivity index (χ2v) is 5.53. The Labute approximate surface area is 114 Å². The molecule has 0 saturated carbocycles. The second-order valence-electron chi connectivity index (χ2n) is 5.53. The van der Waals surface area contributed by atoms with Crippen molar-refractivity contribution in [2.24, 2.45) is 11.8 Å². The minimum Gasteiger partial charge on any atom is -0.337 e. The van der Waals surface area contributed by atoms with E-state index >= 15 is 0 Å². The molecule has 3 rings (SSSR count). The number of aromatic nitrogens is 1. The summed E-state index contributed by atoms with van der Waals surface area (Å²) in [5, 5.41) is 3.27. The van der Waals surface area contributed by atoms with Gasteiger partial charge in [0.15, 0.2) is 0 Å². The fraction of sp³-hybridized carbons (Fsp3) is 0.615. The first kappa shape index (κ1) is 13.5. The summed E-state index contributed by atoms with van der Waals surface area (Å²) >= 11 is 0. The molecule has 1 amide bonds. The van der Waals surface area contributed by atoms with Crippen LogP contribution >= 0.6 is 0 Å². The molecule has 20 heavy (non-hydrogen) atoms. The summed E-state index contributed by atoms with van der Waals surface area (Å²) in [6, 6.07) is 2.94. The normalized spacial score (nSPS) is 26.1. The van der Waals surface area contributed by atoms with Gasteiger partial charge in [0, 0.05) is 32.4 Å². The Balaban J connectivity index is 1.73. The van der Waals surface area contributed by atoms with E-state index in [1.807, 2.05) is 0 Å². The molecule has 2 unspecified atom stereocenters. The maximum Gasteiger partial charge on any atom is 0.406 e. The Bertz CT molecular complexity index is 499. The fourth-order valence-electron chi connectivity index (χ4n) is 3.12. The standard InChI is InChI=1S/C13H16F3N3O/c14-13(15,16)8-18-3-1-2-11(18)12(20)19-6-9-4-17-5-10(9)7-19/h1-3,9-10,17H,4-8H2. The van der Waals surface area contributed by atoms with Crippen molar-refractivity contribution in [2.75, 3.05) is 26.2 Å². The van der Waals surface area contributed by atoms with Crippen molar-refractivity contribution in [3.63, 3.8) is 0 Å². The minimum absolute atomic E-state index is 0.121. The minimum atomic E-state index is -4.32. The van der Waals surface area contributed by atoms with Crippen LogP contribution in [0.15, 0.2) is 18.3 Å². The number of carbonyl (C=O) groups excluding carboxylic acids is 1. The van der Waals surface area contributed by atoms with Crippen molar-refractivity contribution in [1.29, 1.82) is 0 Å². The molecule has 110 valence electrons. The average molecular weight is 287 g/mol. The summed E-state index contributed by atoms with van der Waals surface area (Å²) in [5.74, 6) is 0.573. The van der Waals surface area contributed by atoms with Crippen LogP contribution in [-0.2, 0) is 6.54 Å². The van der Waals surface area contributed by atoms with E-state index in [1.165, 1.54) is 18.3 Å². The molecule has 0 aliphatic carbocycles. The van der Waals surface area contributed by atoms with Gasteiger partial charge in [0.25, 0.3) is 5.91 Å². The molecule has 2 aliphatic heterocycles. The zero-order valence-electron chi connectivity index (χ0n) is 10.9. The van der Waals surface area contributed by atoms with Gasteiger partial charge in [-0.3, -0.25) is 4.79 Å². The lowest BCUT2D eigenvalue weighted by Crippen LogP contribution is -2.34. The van der Waals surface area contributed by atoms with Crippen molar-refractivity contribution in [3.05, 3.63) is 24.0 Å². The molecular formula is C13H16F3N3O. The van der Waals surface area contributed by atoms with E-state index in [0.29, 0.717) is 24.9 Å². The first-order valence-corrected chi connectivity index (χ1v) is 6.66. The van der Waals surface area contributed by atoms with Crippen LogP contribution < -0.4 is 5.32 Å². The largest absolute Gasteiger partial charge is 0.406 e. The first-order chi connectivity index (χ1) is 9.44. The van der Waals surface area contributed by atoms with Gasteiger partial charge < -0.3 is 14.8 Å². The number of fused-ring (bicyclic) bond motifs is 1. The van der Waals surface area contributed by atoms with Gasteiger partial charge in [0.2, 0.25) is 0 Å². The van der Waals surface area contributed by atoms with Crippen molar-refractivity contribution in [2.45, 2.75) is 12.7 Å². The van der Waals surface area contributed by atoms with Crippen LogP contribution in [-0.4, -0.2) is 47.7 Å². The summed E-state index contributed by atoms with van der Waals surface area (Å²) in [5.41, 5.74) is 0.121. The molecule has 7 heteroatoms. The molecule has 1 aromatic rings. The number of hydrogen-bond donors (Lipinski definition) is 1. The number of carbonyl (C=O) groups is 1. The third-order valence-electron chi connectivity index (χ3n) is 4.08. The van der Waals surface area contributed by atoms with Crippen LogP contribution in [0.1, 0.15) is 10.5 Å². The number of likely N-dealkylation sites (tertiary alicyclic amines) is 1. The SMILES string of the molecule is O=C(c1cccn1CC(F)(F)F)N1CC2CNCC2C1. The Kier molecular flexibility index (Phi) is 3.24. The Morgan fingerprint density at radius 1 is 1.30 bits per heavy atom. The predicted octanol–water partition coefficient (Wildman–Crippen LogP) is 1.34. The first-order valence-electron chi connectivity index (χ1n) is 6.66. The molecule has 1 aromatic heterocycles. The molecule has 0 aromatic carbocycles. The maximum absolute atomic E-state index is 12.5. The van der Waals surface area contributed by atoms with Crippen LogP contribution in [0, 0.1) is 11.8 Å². The number of alkyl halides is 3. The summed E-state index contributed by atoms with van der Waals surface area (Å²) in [4.78, 5) is 14.0. The number of hydrogen-bond acceptors (Lipinski definition) is 2. The molecule has 2 saturated heterocycles. The van der Waals surface area contributed by atoms with Gasteiger partial charge in [-0.15, -0.1) is 0 Å². The molecule has 2 atom stereocenters. The van der Waals surface area contributed by atoms with Crippen LogP contribution in [0.25, 0.3) is 0 Å². The van der Waals surface area contributed by atoms with Gasteiger partial charge in [-0.25, -0.2) is 0 Å². The molecular weight excluding hydrogens is 271 g/mol. The molecule has 4 nitrogen and oxygen atoms in total. The summed E-state index contributed by atoms with van der Waals surface area (Å²) in [6.07, 6.45) is -3.02. The molecule has 3 heterocycles. The van der Waals surface area contributed by atoms with E-state index in [-0.39, 0.29) is 11.6 Å². The second kappa shape index (κ2) is 4.80. The van der Waals surface area contributed by atoms with E-state index in [2.05, 4.69) is 5.32 Å². The van der Waals surface area contributed by atoms with E-state index in [4.69, 9.17) is 0 Å². The zero-order chi connectivity index (χ0) is 14.3. The van der Waals surface area contributed by atoms with Gasteiger partial charge >= 0.3 is 6.18 Å². The smallest absolute Gasteiger partial charge is 0.337 e. The van der Waals surface area contributed by atoms with Gasteiger partial charge in [-0.05, 0) is 24.0 Å². The van der Waals surface area contributed by atoms with Crippen molar-refractivity contribution in [1.82, 2.24) is 14.8 Å². The molecule has 1 N–H and O–H groups in total. The highest BCUT2D eigenvalue weighted by Crippen LogP contribution is 2.28. The molecule has 0 bridgehead atoms. The monoisotopic (exact) mass is 287 g/mol. The summed E-state index contributed by atoms with van der Waals surface area (Å²) in [7, 11) is 0. The summed E-state index contributed by atoms with van der Waals surface area (Å²) in [6.45, 7) is 1.92. The van der Waals surface area contributed by atoms with Gasteiger partial charge in [0.05, 0.1) is 0 Å². The zero-order valence-corrected chi connectivity index (χ0v) is 10.9. The van der Waals surface area contributed by atoms with Gasteiger partial charge in [-0.1, -0.05) is 0 Å². The van der Waals surface area contributed by atoms with Gasteiger partial charge in [0.1, 0.15) is 12.2 Å². The van der Waals surface area contributed by atoms with Crippen molar-refractivity contribution in [3.8, 4) is 0 Å². The fourth-order valence-corrected chi connectivity index (χ4v) is 3.12. The van der Waals surface area contributed by atoms with Crippen molar-refractivity contribution >= 4 is 5.91 Å². The Hall–Kier alpha value is -1.50. The van der Waals surface area contributed by atoms with Crippen LogP contribution in [0.5, 0.6) is 0 Å². The third-order valence-corrected chi connectivity index (χ3v) is 4.08. The number of rotatable bonds is 2. The molecule has 2 aliphatic rings. The number of amides is 1. The highest BCUT2D eigenvalue weighted by atomic mass is 19.4. The summed E-state index contributed by atoms with van der Waals surface area (Å²) < 4.78 is 38.4.